The summed E-state index contributed by atoms with van der Waals surface area (Å²) in [4.78, 5) is 6.88. The first-order valence-corrected chi connectivity index (χ1v) is 14.1. The van der Waals surface area contributed by atoms with Crippen LogP contribution in [0.25, 0.3) is 32.1 Å². The van der Waals surface area contributed by atoms with E-state index in [0.29, 0.717) is 5.52 Å². The van der Waals surface area contributed by atoms with Gasteiger partial charge >= 0.3 is 6.18 Å². The normalized spacial score (nSPS) is 21.6. The van der Waals surface area contributed by atoms with Gasteiger partial charge in [0.15, 0.2) is 0 Å². The number of aliphatic hydroxyl groups is 1. The molecular formula is C31H29F3N2O2S. The molecule has 4 nitrogen and oxygen atoms in total. The highest BCUT2D eigenvalue weighted by Gasteiger charge is 2.50. The lowest BCUT2D eigenvalue weighted by Gasteiger charge is -2.49. The molecule has 0 bridgehead atoms. The molecule has 4 heterocycles. The first-order valence-electron chi connectivity index (χ1n) is 13.3. The van der Waals surface area contributed by atoms with Crippen molar-refractivity contribution >= 4 is 49.2 Å². The lowest BCUT2D eigenvalue weighted by Crippen LogP contribution is -2.45. The molecule has 0 amide bonds. The number of rotatable bonds is 1. The van der Waals surface area contributed by atoms with E-state index in [4.69, 9.17) is 4.74 Å². The van der Waals surface area contributed by atoms with Crippen molar-refractivity contribution in [2.45, 2.75) is 63.8 Å². The van der Waals surface area contributed by atoms with E-state index in [1.165, 1.54) is 0 Å². The molecule has 1 unspecified atom stereocenters. The van der Waals surface area contributed by atoms with Crippen molar-refractivity contribution in [3.8, 4) is 5.75 Å². The fraction of sp³-hybridized carbons (Fsp3) is 0.387. The molecule has 3 aromatic carbocycles. The molecule has 1 N–H and O–H groups in total. The number of allylic oxidation sites excluding steroid dienone is 1. The minimum absolute atomic E-state index is 0.00515. The minimum Gasteiger partial charge on any atom is -0.460 e. The van der Waals surface area contributed by atoms with Gasteiger partial charge in [-0.15, -0.1) is 11.3 Å². The number of nitrogens with zero attached hydrogens (tertiary/aromatic N) is 2. The van der Waals surface area contributed by atoms with Gasteiger partial charge < -0.3 is 14.7 Å². The Morgan fingerprint density at radius 1 is 1.03 bits per heavy atom. The Balaban J connectivity index is 1.56. The highest BCUT2D eigenvalue weighted by Crippen LogP contribution is 2.58. The zero-order valence-electron chi connectivity index (χ0n) is 22.2. The number of aliphatic hydroxyl groups excluding tert-OH is 1. The standard InChI is InChI=1S/C31H29F3N2O2S/c1-29(2)11-13-36-14-12-30(3,4)23-24(36)19(29)15-18-22(31(32,33)34)21(28(37)38-25(18)23)27-35-20-10-9-16-7-5-6-8-17(16)26(20)39-27/h5-10,15,28,37H,11-14H2,1-4H3. The van der Waals surface area contributed by atoms with Crippen LogP contribution < -0.4 is 9.64 Å². The molecule has 8 heteroatoms. The van der Waals surface area contributed by atoms with Gasteiger partial charge in [0.2, 0.25) is 6.29 Å². The number of hydrogen-bond donors (Lipinski definition) is 1. The second-order valence-electron chi connectivity index (χ2n) is 12.2. The van der Waals surface area contributed by atoms with Crippen molar-refractivity contribution in [2.75, 3.05) is 18.0 Å². The van der Waals surface area contributed by atoms with E-state index in [1.807, 2.05) is 36.4 Å². The lowest BCUT2D eigenvalue weighted by atomic mass is 9.68. The van der Waals surface area contributed by atoms with Crippen LogP contribution in [-0.4, -0.2) is 35.6 Å². The first kappa shape index (κ1) is 24.9. The van der Waals surface area contributed by atoms with Crippen molar-refractivity contribution in [1.82, 2.24) is 4.98 Å². The van der Waals surface area contributed by atoms with Crippen molar-refractivity contribution < 1.29 is 23.0 Å². The van der Waals surface area contributed by atoms with Crippen LogP contribution in [0.5, 0.6) is 5.75 Å². The molecule has 0 spiro atoms. The van der Waals surface area contributed by atoms with E-state index in [0.717, 1.165) is 69.6 Å². The second kappa shape index (κ2) is 7.98. The Morgan fingerprint density at radius 2 is 1.74 bits per heavy atom. The lowest BCUT2D eigenvalue weighted by molar-refractivity contribution is -0.0716. The smallest absolute Gasteiger partial charge is 0.417 e. The van der Waals surface area contributed by atoms with Crippen LogP contribution in [0.1, 0.15) is 62.2 Å². The number of anilines is 1. The van der Waals surface area contributed by atoms with Gasteiger partial charge in [0.05, 0.1) is 21.4 Å². The third-order valence-electron chi connectivity index (χ3n) is 8.80. The molecular weight excluding hydrogens is 521 g/mol. The summed E-state index contributed by atoms with van der Waals surface area (Å²) in [6.45, 7) is 10.0. The molecule has 0 saturated carbocycles. The summed E-state index contributed by atoms with van der Waals surface area (Å²) in [7, 11) is 0. The van der Waals surface area contributed by atoms with Gasteiger partial charge in [0.1, 0.15) is 10.8 Å². The number of ether oxygens (including phenoxy) is 1. The third-order valence-corrected chi connectivity index (χ3v) is 9.93. The summed E-state index contributed by atoms with van der Waals surface area (Å²) >= 11 is 1.16. The summed E-state index contributed by atoms with van der Waals surface area (Å²) < 4.78 is 52.3. The zero-order chi connectivity index (χ0) is 27.5. The number of alkyl halides is 3. The summed E-state index contributed by atoms with van der Waals surface area (Å²) in [5.41, 5.74) is 1.37. The van der Waals surface area contributed by atoms with Crippen LogP contribution in [0.3, 0.4) is 0 Å². The average Bonchev–Trinajstić information content (AvgIpc) is 3.30. The SMILES string of the molecule is CC1(C)CCN2CCC(C)(C)c3c4c(cc1c32)C(C(F)(F)F)=C(c1nc2ccc3ccccc3c2s1)C(O)O4. The van der Waals surface area contributed by atoms with Crippen molar-refractivity contribution in [3.05, 3.63) is 64.2 Å². The van der Waals surface area contributed by atoms with Crippen LogP contribution in [-0.2, 0) is 10.8 Å². The molecule has 3 aliphatic rings. The number of halogens is 3. The van der Waals surface area contributed by atoms with Gasteiger partial charge in [0.25, 0.3) is 0 Å². The second-order valence-corrected chi connectivity index (χ2v) is 13.2. The van der Waals surface area contributed by atoms with E-state index in [1.54, 1.807) is 6.07 Å². The molecule has 1 atom stereocenters. The van der Waals surface area contributed by atoms with Gasteiger partial charge in [-0.05, 0) is 46.8 Å². The highest BCUT2D eigenvalue weighted by atomic mass is 32.1. The van der Waals surface area contributed by atoms with Crippen LogP contribution in [0.15, 0.2) is 42.5 Å². The molecule has 1 aromatic heterocycles. The quantitative estimate of drug-likeness (QED) is 0.263. The number of benzene rings is 3. The largest absolute Gasteiger partial charge is 0.460 e. The Bertz CT molecular complexity index is 1710. The maximum Gasteiger partial charge on any atom is 0.417 e. The number of aromatic nitrogens is 1. The highest BCUT2D eigenvalue weighted by molar-refractivity contribution is 7.20. The van der Waals surface area contributed by atoms with Gasteiger partial charge in [0, 0.05) is 35.3 Å². The predicted molar refractivity (Wildman–Crippen MR) is 151 cm³/mol. The predicted octanol–water partition coefficient (Wildman–Crippen LogP) is 7.80. The molecule has 0 aliphatic carbocycles. The van der Waals surface area contributed by atoms with Gasteiger partial charge in [-0.1, -0.05) is 58.0 Å². The molecule has 0 fully saturated rings. The molecule has 4 aromatic rings. The first-order chi connectivity index (χ1) is 18.4. The summed E-state index contributed by atoms with van der Waals surface area (Å²) in [5.74, 6) is 0.149. The monoisotopic (exact) mass is 550 g/mol. The van der Waals surface area contributed by atoms with Gasteiger partial charge in [-0.2, -0.15) is 13.2 Å². The van der Waals surface area contributed by atoms with Crippen molar-refractivity contribution in [2.24, 2.45) is 0 Å². The van der Waals surface area contributed by atoms with Crippen molar-refractivity contribution in [1.29, 1.82) is 0 Å². The Hall–Kier alpha value is -3.10. The topological polar surface area (TPSA) is 45.6 Å². The number of fused-ring (bicyclic) bond motifs is 5. The van der Waals surface area contributed by atoms with Crippen LogP contribution in [0, 0.1) is 0 Å². The maximum absolute atomic E-state index is 15.1. The minimum atomic E-state index is -4.73. The Kier molecular flexibility index (Phi) is 5.10. The maximum atomic E-state index is 15.1. The number of thiazole rings is 1. The van der Waals surface area contributed by atoms with E-state index >= 15 is 13.2 Å². The molecule has 0 saturated heterocycles. The molecule has 39 heavy (non-hydrogen) atoms. The van der Waals surface area contributed by atoms with E-state index in [9.17, 15) is 5.11 Å². The average molecular weight is 551 g/mol. The summed E-state index contributed by atoms with van der Waals surface area (Å²) in [6, 6.07) is 13.1. The van der Waals surface area contributed by atoms with Gasteiger partial charge in [-0.3, -0.25) is 0 Å². The summed E-state index contributed by atoms with van der Waals surface area (Å²) in [5, 5.41) is 13.3. The third kappa shape index (κ3) is 3.57. The summed E-state index contributed by atoms with van der Waals surface area (Å²) in [6.07, 6.45) is -4.88. The van der Waals surface area contributed by atoms with Crippen LogP contribution in [0.2, 0.25) is 0 Å². The Labute approximate surface area is 228 Å². The van der Waals surface area contributed by atoms with Crippen LogP contribution in [0.4, 0.5) is 18.9 Å². The molecule has 0 radical (unpaired) electrons. The van der Waals surface area contributed by atoms with E-state index < -0.39 is 23.5 Å². The molecule has 202 valence electrons. The molecule has 7 rings (SSSR count). The van der Waals surface area contributed by atoms with Gasteiger partial charge in [-0.25, -0.2) is 4.98 Å². The van der Waals surface area contributed by atoms with Crippen molar-refractivity contribution in [3.63, 3.8) is 0 Å². The number of hydrogen-bond acceptors (Lipinski definition) is 5. The van der Waals surface area contributed by atoms with E-state index in [-0.39, 0.29) is 27.3 Å². The van der Waals surface area contributed by atoms with Crippen LogP contribution >= 0.6 is 11.3 Å². The fourth-order valence-electron chi connectivity index (χ4n) is 6.59. The fourth-order valence-corrected chi connectivity index (χ4v) is 7.75. The zero-order valence-corrected chi connectivity index (χ0v) is 23.1. The van der Waals surface area contributed by atoms with E-state index in [2.05, 4.69) is 37.6 Å². The Morgan fingerprint density at radius 3 is 2.49 bits per heavy atom. The molecule has 3 aliphatic heterocycles.